The molecule has 0 radical (unpaired) electrons. The van der Waals surface area contributed by atoms with Gasteiger partial charge in [-0.3, -0.25) is 9.13 Å². The molecule has 27 heavy (non-hydrogen) atoms. The van der Waals surface area contributed by atoms with Crippen molar-refractivity contribution in [2.75, 3.05) is 0 Å². The van der Waals surface area contributed by atoms with Crippen LogP contribution in [0.5, 0.6) is 0 Å². The second-order valence-corrected chi connectivity index (χ2v) is 8.82. The van der Waals surface area contributed by atoms with Gasteiger partial charge in [-0.1, -0.05) is 27.7 Å². The molecule has 0 N–H and O–H groups in total. The van der Waals surface area contributed by atoms with Gasteiger partial charge in [0.05, 0.1) is 24.4 Å². The number of rotatable bonds is 12. The SMILES string of the molecule is CCC(C)OP(=O)([O-])OC(C)CC.CCC(C)OP(=O)([O-])OC(C)CC.[Zn+2]. The molecule has 0 aliphatic rings. The van der Waals surface area contributed by atoms with Gasteiger partial charge in [0.2, 0.25) is 0 Å². The van der Waals surface area contributed by atoms with E-state index in [1.54, 1.807) is 27.7 Å². The van der Waals surface area contributed by atoms with Crippen LogP contribution < -0.4 is 9.79 Å². The molecule has 0 heterocycles. The van der Waals surface area contributed by atoms with E-state index in [1.807, 2.05) is 27.7 Å². The predicted octanol–water partition coefficient (Wildman–Crippen LogP) is 4.17. The number of phosphoric acid groups is 2. The quantitative estimate of drug-likeness (QED) is 0.300. The third kappa shape index (κ3) is 19.9. The van der Waals surface area contributed by atoms with E-state index < -0.39 is 15.6 Å². The van der Waals surface area contributed by atoms with Crippen molar-refractivity contribution < 1.29 is 56.5 Å². The van der Waals surface area contributed by atoms with Crippen LogP contribution in [0.4, 0.5) is 0 Å². The Morgan fingerprint density at radius 1 is 0.593 bits per heavy atom. The first-order chi connectivity index (χ1) is 11.8. The van der Waals surface area contributed by atoms with Gasteiger partial charge in [0.25, 0.3) is 15.6 Å². The van der Waals surface area contributed by atoms with Crippen LogP contribution in [0.15, 0.2) is 0 Å². The van der Waals surface area contributed by atoms with Crippen LogP contribution >= 0.6 is 15.6 Å². The van der Waals surface area contributed by atoms with Crippen molar-refractivity contribution in [3.63, 3.8) is 0 Å². The monoisotopic (exact) mass is 482 g/mol. The summed E-state index contributed by atoms with van der Waals surface area (Å²) in [6.07, 6.45) is 1.35. The maximum absolute atomic E-state index is 11.2. The summed E-state index contributed by atoms with van der Waals surface area (Å²) in [5.41, 5.74) is 0. The molecule has 0 aliphatic carbocycles. The molecular formula is C16H36O8P2Zn. The van der Waals surface area contributed by atoms with E-state index in [1.165, 1.54) is 0 Å². The summed E-state index contributed by atoms with van der Waals surface area (Å²) < 4.78 is 41.3. The smallest absolute Gasteiger partial charge is 0.756 e. The molecule has 160 valence electrons. The molecule has 0 aromatic heterocycles. The summed E-state index contributed by atoms with van der Waals surface area (Å²) in [4.78, 5) is 22.3. The Morgan fingerprint density at radius 3 is 0.852 bits per heavy atom. The summed E-state index contributed by atoms with van der Waals surface area (Å²) in [5, 5.41) is 0. The summed E-state index contributed by atoms with van der Waals surface area (Å²) >= 11 is 0. The van der Waals surface area contributed by atoms with Crippen LogP contribution in [-0.2, 0) is 46.7 Å². The van der Waals surface area contributed by atoms with Gasteiger partial charge in [0.1, 0.15) is 0 Å². The summed E-state index contributed by atoms with van der Waals surface area (Å²) in [7, 11) is -8.18. The molecular weight excluding hydrogens is 448 g/mol. The van der Waals surface area contributed by atoms with Gasteiger partial charge < -0.3 is 27.9 Å². The van der Waals surface area contributed by atoms with Crippen molar-refractivity contribution in [1.29, 1.82) is 0 Å². The van der Waals surface area contributed by atoms with E-state index >= 15 is 0 Å². The Morgan fingerprint density at radius 2 is 0.741 bits per heavy atom. The van der Waals surface area contributed by atoms with Gasteiger partial charge in [-0.05, 0) is 53.4 Å². The molecule has 0 saturated heterocycles. The van der Waals surface area contributed by atoms with Crippen molar-refractivity contribution in [2.45, 2.75) is 105 Å². The fraction of sp³-hybridized carbons (Fsp3) is 1.00. The summed E-state index contributed by atoms with van der Waals surface area (Å²) in [5.74, 6) is 0. The minimum absolute atomic E-state index is 0. The molecule has 0 fully saturated rings. The predicted molar refractivity (Wildman–Crippen MR) is 98.6 cm³/mol. The second kappa shape index (κ2) is 16.6. The molecule has 0 aromatic carbocycles. The fourth-order valence-electron chi connectivity index (χ4n) is 1.23. The summed E-state index contributed by atoms with van der Waals surface area (Å²) in [6, 6.07) is 0. The minimum Gasteiger partial charge on any atom is -0.756 e. The van der Waals surface area contributed by atoms with Crippen LogP contribution in [0.1, 0.15) is 81.1 Å². The Balaban J connectivity index is -0.000000411. The second-order valence-electron chi connectivity index (χ2n) is 6.19. The van der Waals surface area contributed by atoms with E-state index in [-0.39, 0.29) is 43.9 Å². The Kier molecular flexibility index (Phi) is 20.0. The molecule has 0 rings (SSSR count). The first-order valence-electron chi connectivity index (χ1n) is 9.17. The Labute approximate surface area is 177 Å². The first-order valence-corrected chi connectivity index (χ1v) is 12.1. The van der Waals surface area contributed by atoms with Gasteiger partial charge in [-0.15, -0.1) is 0 Å². The molecule has 0 bridgehead atoms. The molecule has 8 nitrogen and oxygen atoms in total. The average Bonchev–Trinajstić information content (AvgIpc) is 2.52. The zero-order valence-electron chi connectivity index (χ0n) is 18.0. The van der Waals surface area contributed by atoms with Crippen molar-refractivity contribution >= 4 is 15.6 Å². The van der Waals surface area contributed by atoms with E-state index in [9.17, 15) is 18.9 Å². The zero-order valence-corrected chi connectivity index (χ0v) is 22.8. The van der Waals surface area contributed by atoms with Crippen LogP contribution in [-0.4, -0.2) is 24.4 Å². The first kappa shape index (κ1) is 32.5. The van der Waals surface area contributed by atoms with Crippen LogP contribution in [0.3, 0.4) is 0 Å². The molecule has 0 aliphatic heterocycles. The molecule has 0 spiro atoms. The van der Waals surface area contributed by atoms with Crippen LogP contribution in [0.2, 0.25) is 0 Å². The largest absolute Gasteiger partial charge is 2.00 e. The molecule has 4 unspecified atom stereocenters. The topological polar surface area (TPSA) is 117 Å². The molecule has 0 saturated carbocycles. The van der Waals surface area contributed by atoms with E-state index in [0.29, 0.717) is 25.7 Å². The van der Waals surface area contributed by atoms with Crippen molar-refractivity contribution in [3.8, 4) is 0 Å². The van der Waals surface area contributed by atoms with Crippen molar-refractivity contribution in [3.05, 3.63) is 0 Å². The van der Waals surface area contributed by atoms with Gasteiger partial charge in [-0.25, -0.2) is 0 Å². The van der Waals surface area contributed by atoms with Gasteiger partial charge >= 0.3 is 19.5 Å². The molecule has 11 heteroatoms. The van der Waals surface area contributed by atoms with Gasteiger partial charge in [-0.2, -0.15) is 0 Å². The molecule has 4 atom stereocenters. The van der Waals surface area contributed by atoms with Gasteiger partial charge in [0, 0.05) is 0 Å². The van der Waals surface area contributed by atoms with Gasteiger partial charge in [0.15, 0.2) is 0 Å². The number of hydrogen-bond acceptors (Lipinski definition) is 8. The number of phosphoric ester groups is 2. The Hall–Kier alpha value is 0.843. The van der Waals surface area contributed by atoms with E-state index in [2.05, 4.69) is 0 Å². The Bertz CT molecular complexity index is 380. The van der Waals surface area contributed by atoms with Crippen molar-refractivity contribution in [1.82, 2.24) is 0 Å². The van der Waals surface area contributed by atoms with Crippen molar-refractivity contribution in [2.24, 2.45) is 0 Å². The minimum atomic E-state index is -4.09. The normalized spacial score (nSPS) is 19.9. The molecule has 0 amide bonds. The van der Waals surface area contributed by atoms with Crippen LogP contribution in [0, 0.1) is 0 Å². The number of hydrogen-bond donors (Lipinski definition) is 0. The molecule has 0 aromatic rings. The van der Waals surface area contributed by atoms with E-state index in [0.717, 1.165) is 0 Å². The summed E-state index contributed by atoms with van der Waals surface area (Å²) in [6.45, 7) is 14.2. The third-order valence-electron chi connectivity index (χ3n) is 3.54. The average molecular weight is 484 g/mol. The maximum atomic E-state index is 11.2. The fourth-order valence-corrected chi connectivity index (χ4v) is 3.69. The van der Waals surface area contributed by atoms with E-state index in [4.69, 9.17) is 18.1 Å². The third-order valence-corrected chi connectivity index (χ3v) is 6.01. The maximum Gasteiger partial charge on any atom is 2.00 e. The zero-order chi connectivity index (χ0) is 21.0. The standard InChI is InChI=1S/2C8H19O4P.Zn/c2*1-5-7(3)11-13(9,10)12-8(4)6-2;/h2*7-8H,5-6H2,1-4H3,(H,9,10);/q;;+2/p-2. The van der Waals surface area contributed by atoms with Crippen LogP contribution in [0.25, 0.3) is 0 Å².